The number of carbonyl (C=O) groups is 2. The summed E-state index contributed by atoms with van der Waals surface area (Å²) in [4.78, 5) is 31.0. The van der Waals surface area contributed by atoms with Gasteiger partial charge in [0.1, 0.15) is 0 Å². The monoisotopic (exact) mass is 313 g/mol. The van der Waals surface area contributed by atoms with E-state index >= 15 is 0 Å². The van der Waals surface area contributed by atoms with E-state index in [-0.39, 0.29) is 11.8 Å². The molecule has 122 valence electrons. The van der Waals surface area contributed by atoms with E-state index in [0.29, 0.717) is 25.9 Å². The average Bonchev–Trinajstić information content (AvgIpc) is 2.60. The molecule has 1 aromatic rings. The lowest BCUT2D eigenvalue weighted by atomic mass is 9.69. The number of nitrogens with zero attached hydrogens (tertiary/aromatic N) is 2. The van der Waals surface area contributed by atoms with Crippen molar-refractivity contribution in [2.45, 2.75) is 45.6 Å². The number of allylic oxidation sites excluding steroid dienone is 1. The van der Waals surface area contributed by atoms with E-state index in [4.69, 9.17) is 0 Å². The second-order valence-corrected chi connectivity index (χ2v) is 6.24. The summed E-state index contributed by atoms with van der Waals surface area (Å²) in [6.45, 7) is 3.10. The third-order valence-corrected chi connectivity index (χ3v) is 4.95. The van der Waals surface area contributed by atoms with Crippen molar-refractivity contribution >= 4 is 11.8 Å². The highest BCUT2D eigenvalue weighted by Crippen LogP contribution is 2.46. The Kier molecular flexibility index (Phi) is 4.46. The van der Waals surface area contributed by atoms with Crippen LogP contribution in [0.2, 0.25) is 0 Å². The highest BCUT2D eigenvalue weighted by atomic mass is 16.2. The molecule has 0 saturated carbocycles. The molecule has 1 aromatic heterocycles. The Morgan fingerprint density at radius 3 is 2.87 bits per heavy atom. The number of likely N-dealkylation sites (tertiary alicyclic amines) is 1. The van der Waals surface area contributed by atoms with Crippen LogP contribution in [0, 0.1) is 5.41 Å². The number of amides is 2. The molecular formula is C18H23N3O2. The van der Waals surface area contributed by atoms with Crippen LogP contribution in [-0.4, -0.2) is 28.2 Å². The molecule has 0 bridgehead atoms. The van der Waals surface area contributed by atoms with Gasteiger partial charge < -0.3 is 10.2 Å². The molecule has 2 amide bonds. The van der Waals surface area contributed by atoms with E-state index in [1.54, 1.807) is 17.3 Å². The van der Waals surface area contributed by atoms with Crippen molar-refractivity contribution in [2.24, 2.45) is 5.41 Å². The normalized spacial score (nSPS) is 24.0. The lowest BCUT2D eigenvalue weighted by Gasteiger charge is -2.45. The molecular weight excluding hydrogens is 290 g/mol. The van der Waals surface area contributed by atoms with Gasteiger partial charge in [0, 0.05) is 37.6 Å². The molecule has 0 aromatic carbocycles. The first-order valence-electron chi connectivity index (χ1n) is 8.35. The standard InChI is InChI=1S/C18H23N3O2/c1-2-21-15-5-3-4-9-18(15,10-6-16(21)22)17(23)20-13-14-7-11-19-12-8-14/h5,7-8,11-12H,2-4,6,9-10,13H2,1H3,(H,20,23). The van der Waals surface area contributed by atoms with Crippen molar-refractivity contribution in [3.63, 3.8) is 0 Å². The van der Waals surface area contributed by atoms with Gasteiger partial charge in [-0.25, -0.2) is 0 Å². The summed E-state index contributed by atoms with van der Waals surface area (Å²) in [5.74, 6) is 0.185. The van der Waals surface area contributed by atoms with Gasteiger partial charge in [0.25, 0.3) is 0 Å². The second kappa shape index (κ2) is 6.52. The quantitative estimate of drug-likeness (QED) is 0.928. The summed E-state index contributed by atoms with van der Waals surface area (Å²) in [5, 5.41) is 3.07. The molecule has 1 aliphatic heterocycles. The van der Waals surface area contributed by atoms with E-state index in [1.807, 2.05) is 19.1 Å². The van der Waals surface area contributed by atoms with Crippen molar-refractivity contribution in [1.82, 2.24) is 15.2 Å². The predicted molar refractivity (Wildman–Crippen MR) is 87.1 cm³/mol. The summed E-state index contributed by atoms with van der Waals surface area (Å²) in [6, 6.07) is 3.80. The van der Waals surface area contributed by atoms with Gasteiger partial charge in [0.2, 0.25) is 11.8 Å². The Labute approximate surface area is 136 Å². The molecule has 1 saturated heterocycles. The van der Waals surface area contributed by atoms with Gasteiger partial charge in [0.05, 0.1) is 5.41 Å². The molecule has 1 aliphatic carbocycles. The number of pyridine rings is 1. The molecule has 1 N–H and O–H groups in total. The zero-order valence-electron chi connectivity index (χ0n) is 13.5. The fourth-order valence-electron chi connectivity index (χ4n) is 3.72. The van der Waals surface area contributed by atoms with Crippen LogP contribution in [0.1, 0.15) is 44.6 Å². The maximum atomic E-state index is 13.0. The van der Waals surface area contributed by atoms with Gasteiger partial charge in [-0.15, -0.1) is 0 Å². The van der Waals surface area contributed by atoms with Crippen molar-refractivity contribution in [3.05, 3.63) is 41.9 Å². The van der Waals surface area contributed by atoms with E-state index in [2.05, 4.69) is 16.4 Å². The smallest absolute Gasteiger partial charge is 0.232 e. The molecule has 1 fully saturated rings. The third-order valence-electron chi connectivity index (χ3n) is 4.95. The Morgan fingerprint density at radius 2 is 2.13 bits per heavy atom. The van der Waals surface area contributed by atoms with Gasteiger partial charge in [-0.05, 0) is 50.3 Å². The van der Waals surface area contributed by atoms with Gasteiger partial charge in [-0.2, -0.15) is 0 Å². The van der Waals surface area contributed by atoms with Gasteiger partial charge in [-0.3, -0.25) is 14.6 Å². The average molecular weight is 313 g/mol. The van der Waals surface area contributed by atoms with Gasteiger partial charge in [-0.1, -0.05) is 6.08 Å². The first-order chi connectivity index (χ1) is 11.2. The number of nitrogens with one attached hydrogen (secondary N) is 1. The summed E-state index contributed by atoms with van der Waals surface area (Å²) < 4.78 is 0. The van der Waals surface area contributed by atoms with Crippen molar-refractivity contribution in [3.8, 4) is 0 Å². The van der Waals surface area contributed by atoms with E-state index in [9.17, 15) is 9.59 Å². The van der Waals surface area contributed by atoms with Crippen LogP contribution in [0.3, 0.4) is 0 Å². The number of piperidine rings is 1. The molecule has 2 heterocycles. The third kappa shape index (κ3) is 2.87. The molecule has 5 heteroatoms. The predicted octanol–water partition coefficient (Wildman–Crippen LogP) is 2.39. The SMILES string of the molecule is CCN1C(=O)CCC2(C(=O)NCc3ccncc3)CCCC=C12. The molecule has 2 aliphatic rings. The van der Waals surface area contributed by atoms with Crippen LogP contribution >= 0.6 is 0 Å². The number of hydrogen-bond acceptors (Lipinski definition) is 3. The fraction of sp³-hybridized carbons (Fsp3) is 0.500. The molecule has 3 rings (SSSR count). The zero-order chi connectivity index (χ0) is 16.3. The van der Waals surface area contributed by atoms with Crippen LogP contribution in [0.15, 0.2) is 36.3 Å². The Balaban J connectivity index is 1.80. The lowest BCUT2D eigenvalue weighted by molar-refractivity contribution is -0.140. The molecule has 1 unspecified atom stereocenters. The summed E-state index contributed by atoms with van der Waals surface area (Å²) >= 11 is 0. The molecule has 23 heavy (non-hydrogen) atoms. The summed E-state index contributed by atoms with van der Waals surface area (Å²) in [7, 11) is 0. The zero-order valence-corrected chi connectivity index (χ0v) is 13.5. The summed E-state index contributed by atoms with van der Waals surface area (Å²) in [6.07, 6.45) is 9.38. The van der Waals surface area contributed by atoms with Gasteiger partial charge in [0.15, 0.2) is 0 Å². The number of carbonyl (C=O) groups excluding carboxylic acids is 2. The van der Waals surface area contributed by atoms with Crippen LogP contribution in [0.5, 0.6) is 0 Å². The van der Waals surface area contributed by atoms with Crippen LogP contribution in [0.25, 0.3) is 0 Å². The van der Waals surface area contributed by atoms with E-state index in [1.165, 1.54) is 0 Å². The number of rotatable bonds is 4. The Morgan fingerprint density at radius 1 is 1.35 bits per heavy atom. The highest BCUT2D eigenvalue weighted by Gasteiger charge is 2.48. The largest absolute Gasteiger partial charge is 0.351 e. The minimum atomic E-state index is -0.533. The number of hydrogen-bond donors (Lipinski definition) is 1. The van der Waals surface area contributed by atoms with Gasteiger partial charge >= 0.3 is 0 Å². The lowest BCUT2D eigenvalue weighted by Crippen LogP contribution is -2.52. The number of fused-ring (bicyclic) bond motifs is 1. The minimum absolute atomic E-state index is 0.0474. The Hall–Kier alpha value is -2.17. The summed E-state index contributed by atoms with van der Waals surface area (Å²) in [5.41, 5.74) is 1.43. The van der Waals surface area contributed by atoms with Crippen molar-refractivity contribution in [1.29, 1.82) is 0 Å². The maximum Gasteiger partial charge on any atom is 0.232 e. The van der Waals surface area contributed by atoms with Crippen LogP contribution in [0.4, 0.5) is 0 Å². The minimum Gasteiger partial charge on any atom is -0.351 e. The molecule has 0 radical (unpaired) electrons. The fourth-order valence-corrected chi connectivity index (χ4v) is 3.72. The molecule has 0 spiro atoms. The Bertz CT molecular complexity index is 626. The second-order valence-electron chi connectivity index (χ2n) is 6.24. The van der Waals surface area contributed by atoms with Crippen LogP contribution < -0.4 is 5.32 Å². The van der Waals surface area contributed by atoms with E-state index < -0.39 is 5.41 Å². The maximum absolute atomic E-state index is 13.0. The first kappa shape index (κ1) is 15.7. The molecule has 1 atom stereocenters. The first-order valence-corrected chi connectivity index (χ1v) is 8.35. The number of aromatic nitrogens is 1. The highest BCUT2D eigenvalue weighted by molar-refractivity contribution is 5.91. The van der Waals surface area contributed by atoms with Crippen molar-refractivity contribution < 1.29 is 9.59 Å². The van der Waals surface area contributed by atoms with Crippen molar-refractivity contribution in [2.75, 3.05) is 6.54 Å². The van der Waals surface area contributed by atoms with Crippen LogP contribution in [-0.2, 0) is 16.1 Å². The van der Waals surface area contributed by atoms with E-state index in [0.717, 1.165) is 30.5 Å². The topological polar surface area (TPSA) is 62.3 Å². The molecule has 5 nitrogen and oxygen atoms in total.